The fourth-order valence-electron chi connectivity index (χ4n) is 4.42. The molecule has 2 N–H and O–H groups in total. The van der Waals surface area contributed by atoms with Gasteiger partial charge >= 0.3 is 15.6 Å². The van der Waals surface area contributed by atoms with Crippen LogP contribution in [0.4, 0.5) is 11.4 Å². The summed E-state index contributed by atoms with van der Waals surface area (Å²) in [5.41, 5.74) is -1.03. The number of hydrogen-bond acceptors (Lipinski definition) is 17. The van der Waals surface area contributed by atoms with Gasteiger partial charge < -0.3 is 42.9 Å². The minimum Gasteiger partial charge on any atom is -0.493 e. The van der Waals surface area contributed by atoms with Crippen LogP contribution in [0.1, 0.15) is 17.5 Å². The molecule has 0 aromatic heterocycles. The van der Waals surface area contributed by atoms with E-state index >= 15 is 0 Å². The zero-order chi connectivity index (χ0) is 35.9. The van der Waals surface area contributed by atoms with Crippen LogP contribution in [-0.2, 0) is 54.6 Å². The Balaban J connectivity index is 2.05. The zero-order valence-corrected chi connectivity index (χ0v) is 28.2. The summed E-state index contributed by atoms with van der Waals surface area (Å²) in [5.74, 6) is -2.13. The summed E-state index contributed by atoms with van der Waals surface area (Å²) >= 11 is 0. The number of nitrogens with zero attached hydrogens (tertiary/aromatic N) is 2. The summed E-state index contributed by atoms with van der Waals surface area (Å²) in [5, 5.41) is 23.7. The average Bonchev–Trinajstić information content (AvgIpc) is 3.40. The molecule has 0 aliphatic carbocycles. The van der Waals surface area contributed by atoms with Gasteiger partial charge in [0.25, 0.3) is 11.4 Å². The molecule has 5 atom stereocenters. The van der Waals surface area contributed by atoms with Crippen LogP contribution in [0.15, 0.2) is 24.3 Å². The molecule has 2 aromatic rings. The SMILES string of the molecule is COc1cc(CO[C@H]2C[C@H](OP(=O)(O)OC)[C@@](COP(=O)(O)OC)(OCc3cc(OC)c(OC)cc3[N+](=O)[O-])O2)c([N+](=O)[O-])cc1OC. The van der Waals surface area contributed by atoms with Crippen molar-refractivity contribution >= 4 is 27.0 Å². The highest BCUT2D eigenvalue weighted by atomic mass is 31.2. The summed E-state index contributed by atoms with van der Waals surface area (Å²) in [6.07, 6.45) is -3.63. The van der Waals surface area contributed by atoms with E-state index < -0.39 is 81.3 Å². The Morgan fingerprint density at radius 1 is 0.792 bits per heavy atom. The van der Waals surface area contributed by atoms with Crippen molar-refractivity contribution in [2.24, 2.45) is 0 Å². The number of nitro benzene ring substituents is 2. The molecule has 2 aromatic carbocycles. The van der Waals surface area contributed by atoms with Gasteiger partial charge in [-0.15, -0.1) is 0 Å². The second kappa shape index (κ2) is 16.3. The second-order valence-corrected chi connectivity index (χ2v) is 12.6. The van der Waals surface area contributed by atoms with Gasteiger partial charge in [-0.3, -0.25) is 38.3 Å². The summed E-state index contributed by atoms with van der Waals surface area (Å²) in [6.45, 7) is -2.26. The molecule has 23 heteroatoms. The molecule has 0 spiro atoms. The number of phosphoric ester groups is 2. The molecule has 48 heavy (non-hydrogen) atoms. The van der Waals surface area contributed by atoms with Crippen molar-refractivity contribution in [2.45, 2.75) is 37.8 Å². The number of ether oxygens (including phenoxy) is 7. The number of nitro groups is 2. The number of benzene rings is 2. The van der Waals surface area contributed by atoms with Crippen molar-refractivity contribution in [2.75, 3.05) is 49.3 Å². The fraction of sp³-hybridized carbons (Fsp3) is 0.520. The van der Waals surface area contributed by atoms with Crippen molar-refractivity contribution < 1.29 is 80.0 Å². The van der Waals surface area contributed by atoms with Gasteiger partial charge in [0.1, 0.15) is 12.7 Å². The molecule has 21 nitrogen and oxygen atoms in total. The first kappa shape index (κ1) is 39.0. The number of rotatable bonds is 19. The van der Waals surface area contributed by atoms with E-state index in [1.165, 1.54) is 40.6 Å². The van der Waals surface area contributed by atoms with Gasteiger partial charge in [0.15, 0.2) is 29.3 Å². The maximum Gasteiger partial charge on any atom is 0.472 e. The molecule has 1 fully saturated rings. The van der Waals surface area contributed by atoms with Crippen LogP contribution in [0.3, 0.4) is 0 Å². The van der Waals surface area contributed by atoms with Gasteiger partial charge in [-0.2, -0.15) is 0 Å². The van der Waals surface area contributed by atoms with E-state index in [2.05, 4.69) is 9.05 Å². The standard InChI is InChI=1S/C25H34N2O19P2/c1-36-19-7-15(17(26(28)29)9-21(19)38-3)12-42-24-11-23(46-48(34,35)41-6)25(45-24,14-44-47(32,33)40-5)43-13-16-8-20(37-2)22(39-4)10-18(16)27(30)31/h7-10,23-24H,11-14H2,1-6H3,(H,32,33)(H,34,35)/t23-,24+,25-/m0/s1. The van der Waals surface area contributed by atoms with E-state index in [1.807, 2.05) is 0 Å². The zero-order valence-electron chi connectivity index (χ0n) is 26.4. The third-order valence-corrected chi connectivity index (χ3v) is 8.74. The molecule has 1 aliphatic heterocycles. The van der Waals surface area contributed by atoms with Crippen LogP contribution in [0.25, 0.3) is 0 Å². The lowest BCUT2D eigenvalue weighted by Crippen LogP contribution is -2.47. The van der Waals surface area contributed by atoms with Crippen molar-refractivity contribution in [3.05, 3.63) is 55.6 Å². The van der Waals surface area contributed by atoms with Crippen LogP contribution >= 0.6 is 15.6 Å². The first-order chi connectivity index (χ1) is 22.6. The summed E-state index contributed by atoms with van der Waals surface area (Å²) in [7, 11) is -2.77. The lowest BCUT2D eigenvalue weighted by atomic mass is 10.1. The lowest BCUT2D eigenvalue weighted by Gasteiger charge is -2.34. The number of phosphoric acid groups is 2. The molecule has 0 bridgehead atoms. The van der Waals surface area contributed by atoms with E-state index in [0.29, 0.717) is 0 Å². The van der Waals surface area contributed by atoms with Crippen LogP contribution in [0.5, 0.6) is 23.0 Å². The lowest BCUT2D eigenvalue weighted by molar-refractivity contribution is -0.386. The maximum absolute atomic E-state index is 12.6. The Kier molecular flexibility index (Phi) is 13.2. The smallest absolute Gasteiger partial charge is 0.472 e. The molecule has 268 valence electrons. The third-order valence-electron chi connectivity index (χ3n) is 6.84. The maximum atomic E-state index is 12.6. The van der Waals surface area contributed by atoms with Gasteiger partial charge in [-0.1, -0.05) is 0 Å². The minimum absolute atomic E-state index is 0.00157. The Morgan fingerprint density at radius 3 is 1.69 bits per heavy atom. The highest BCUT2D eigenvalue weighted by Crippen LogP contribution is 2.52. The van der Waals surface area contributed by atoms with Crippen LogP contribution in [0.2, 0.25) is 0 Å². The van der Waals surface area contributed by atoms with Crippen molar-refractivity contribution in [1.82, 2.24) is 0 Å². The van der Waals surface area contributed by atoms with Crippen LogP contribution in [0, 0.1) is 20.2 Å². The number of hydrogen-bond donors (Lipinski definition) is 2. The van der Waals surface area contributed by atoms with Gasteiger partial charge in [0.05, 0.1) is 74.8 Å². The summed E-state index contributed by atoms with van der Waals surface area (Å²) in [4.78, 5) is 42.4. The molecule has 2 unspecified atom stereocenters. The van der Waals surface area contributed by atoms with Gasteiger partial charge in [0, 0.05) is 20.6 Å². The molecule has 0 saturated carbocycles. The molecule has 3 rings (SSSR count). The molecule has 1 saturated heterocycles. The largest absolute Gasteiger partial charge is 0.493 e. The normalized spacial score (nSPS) is 21.6. The van der Waals surface area contributed by atoms with Crippen molar-refractivity contribution in [3.8, 4) is 23.0 Å². The molecule has 0 amide bonds. The average molecular weight is 728 g/mol. The summed E-state index contributed by atoms with van der Waals surface area (Å²) in [6, 6.07) is 4.68. The molecular weight excluding hydrogens is 694 g/mol. The van der Waals surface area contributed by atoms with Crippen molar-refractivity contribution in [3.63, 3.8) is 0 Å². The van der Waals surface area contributed by atoms with Gasteiger partial charge in [-0.25, -0.2) is 9.13 Å². The van der Waals surface area contributed by atoms with E-state index in [-0.39, 0.29) is 34.1 Å². The van der Waals surface area contributed by atoms with E-state index in [9.17, 15) is 39.1 Å². The minimum atomic E-state index is -4.86. The van der Waals surface area contributed by atoms with E-state index in [4.69, 9.17) is 42.2 Å². The van der Waals surface area contributed by atoms with Gasteiger partial charge in [0.2, 0.25) is 5.79 Å². The van der Waals surface area contributed by atoms with Crippen molar-refractivity contribution in [1.29, 1.82) is 0 Å². The Hall–Kier alpha value is -3.46. The van der Waals surface area contributed by atoms with E-state index in [0.717, 1.165) is 26.4 Å². The summed E-state index contributed by atoms with van der Waals surface area (Å²) < 4.78 is 82.4. The molecule has 1 aliphatic rings. The highest BCUT2D eigenvalue weighted by Gasteiger charge is 2.55. The monoisotopic (exact) mass is 728 g/mol. The molecule has 0 radical (unpaired) electrons. The first-order valence-corrected chi connectivity index (χ1v) is 16.4. The third kappa shape index (κ3) is 9.36. The van der Waals surface area contributed by atoms with Gasteiger partial charge in [-0.05, 0) is 12.1 Å². The quantitative estimate of drug-likeness (QED) is 0.119. The highest BCUT2D eigenvalue weighted by molar-refractivity contribution is 7.47. The Bertz CT molecular complexity index is 1570. The Morgan fingerprint density at radius 2 is 1.25 bits per heavy atom. The van der Waals surface area contributed by atoms with E-state index in [1.54, 1.807) is 0 Å². The molecular formula is C25H34N2O19P2. The molecule has 1 heterocycles. The predicted molar refractivity (Wildman–Crippen MR) is 159 cm³/mol. The topological polar surface area (TPSA) is 262 Å². The van der Waals surface area contributed by atoms with Crippen LogP contribution in [-0.4, -0.2) is 87.1 Å². The first-order valence-electron chi connectivity index (χ1n) is 13.4. The Labute approximate surface area is 272 Å². The fourth-order valence-corrected chi connectivity index (χ4v) is 5.53. The number of methoxy groups -OCH3 is 4. The second-order valence-electron chi connectivity index (χ2n) is 9.55. The predicted octanol–water partition coefficient (Wildman–Crippen LogP) is 3.61. The van der Waals surface area contributed by atoms with Crippen LogP contribution < -0.4 is 18.9 Å².